The molecule has 0 spiro atoms. The van der Waals surface area contributed by atoms with Crippen LogP contribution in [0.15, 0.2) is 34.4 Å². The lowest BCUT2D eigenvalue weighted by molar-refractivity contribution is -0.142. The van der Waals surface area contributed by atoms with Crippen molar-refractivity contribution in [1.82, 2.24) is 19.4 Å². The maximum absolute atomic E-state index is 14.0. The van der Waals surface area contributed by atoms with Crippen LogP contribution in [0.3, 0.4) is 0 Å². The van der Waals surface area contributed by atoms with Gasteiger partial charge in [-0.3, -0.25) is 24.6 Å². The summed E-state index contributed by atoms with van der Waals surface area (Å²) in [4.78, 5) is 50.9. The molecular formula is C31H39N5O4S. The molecule has 3 aliphatic rings. The van der Waals surface area contributed by atoms with Crippen LogP contribution < -0.4 is 10.9 Å². The summed E-state index contributed by atoms with van der Waals surface area (Å²) in [6.07, 6.45) is 13.5. The third-order valence-corrected chi connectivity index (χ3v) is 9.85. The van der Waals surface area contributed by atoms with Gasteiger partial charge in [0.25, 0.3) is 11.5 Å². The molecule has 10 heteroatoms. The average molecular weight is 578 g/mol. The van der Waals surface area contributed by atoms with Crippen molar-refractivity contribution in [2.75, 3.05) is 11.9 Å². The first-order valence-electron chi connectivity index (χ1n) is 15.2. The smallest absolute Gasteiger partial charge is 0.311 e. The predicted molar refractivity (Wildman–Crippen MR) is 159 cm³/mol. The molecule has 3 aromatic rings. The fourth-order valence-corrected chi connectivity index (χ4v) is 8.06. The van der Waals surface area contributed by atoms with Crippen LogP contribution in [0.1, 0.15) is 99.8 Å². The lowest BCUT2D eigenvalue weighted by atomic mass is 9.89. The Balaban J connectivity index is 1.25. The van der Waals surface area contributed by atoms with Crippen LogP contribution in [0.4, 0.5) is 5.13 Å². The van der Waals surface area contributed by atoms with Crippen molar-refractivity contribution >= 4 is 39.4 Å². The minimum absolute atomic E-state index is 0.0281. The van der Waals surface area contributed by atoms with E-state index in [1.807, 2.05) is 28.8 Å². The first kappa shape index (κ1) is 28.0. The minimum Gasteiger partial charge on any atom is -0.466 e. The summed E-state index contributed by atoms with van der Waals surface area (Å²) >= 11 is 1.21. The largest absolute Gasteiger partial charge is 0.466 e. The van der Waals surface area contributed by atoms with Crippen LogP contribution in [0.5, 0.6) is 0 Å². The Bertz CT molecular complexity index is 1450. The third-order valence-electron chi connectivity index (χ3n) is 9.04. The molecule has 3 fully saturated rings. The van der Waals surface area contributed by atoms with Crippen molar-refractivity contribution in [3.8, 4) is 0 Å². The number of nitrogens with zero attached hydrogens (tertiary/aromatic N) is 4. The number of amides is 1. The van der Waals surface area contributed by atoms with E-state index in [0.717, 1.165) is 18.4 Å². The number of aromatic nitrogens is 3. The first-order chi connectivity index (χ1) is 20.0. The number of esters is 1. The van der Waals surface area contributed by atoms with E-state index >= 15 is 0 Å². The van der Waals surface area contributed by atoms with Crippen molar-refractivity contribution in [3.05, 3.63) is 51.4 Å². The van der Waals surface area contributed by atoms with Crippen LogP contribution in [0.25, 0.3) is 11.0 Å². The zero-order chi connectivity index (χ0) is 28.3. The summed E-state index contributed by atoms with van der Waals surface area (Å²) in [5, 5.41) is 4.77. The second-order valence-corrected chi connectivity index (χ2v) is 12.5. The van der Waals surface area contributed by atoms with Gasteiger partial charge in [0.2, 0.25) is 0 Å². The molecule has 1 N–H and O–H groups in total. The molecule has 2 atom stereocenters. The molecule has 2 bridgehead atoms. The summed E-state index contributed by atoms with van der Waals surface area (Å²) < 4.78 is 6.84. The number of thiazole rings is 1. The number of para-hydroxylation sites is 2. The van der Waals surface area contributed by atoms with Gasteiger partial charge < -0.3 is 9.30 Å². The molecule has 2 aliphatic heterocycles. The van der Waals surface area contributed by atoms with Gasteiger partial charge in [-0.15, -0.1) is 11.3 Å². The van der Waals surface area contributed by atoms with E-state index in [0.29, 0.717) is 41.1 Å². The number of benzene rings is 1. The number of carbonyl (C=O) groups excluding carboxylic acids is 2. The number of hydrogen-bond donors (Lipinski definition) is 1. The topological polar surface area (TPSA) is 106 Å². The Kier molecular flexibility index (Phi) is 8.48. The van der Waals surface area contributed by atoms with Gasteiger partial charge in [-0.1, -0.05) is 44.2 Å². The number of carbonyl (C=O) groups is 2. The molecule has 1 amide bonds. The highest BCUT2D eigenvalue weighted by atomic mass is 32.1. The summed E-state index contributed by atoms with van der Waals surface area (Å²) in [5.41, 5.74) is 1.45. The zero-order valence-electron chi connectivity index (χ0n) is 23.7. The molecule has 4 heterocycles. The van der Waals surface area contributed by atoms with Crippen LogP contribution in [0, 0.1) is 0 Å². The summed E-state index contributed by atoms with van der Waals surface area (Å²) in [6.45, 7) is 2.05. The van der Waals surface area contributed by atoms with Gasteiger partial charge in [0.15, 0.2) is 10.8 Å². The van der Waals surface area contributed by atoms with E-state index < -0.39 is 5.91 Å². The lowest BCUT2D eigenvalue weighted by Crippen LogP contribution is -2.50. The van der Waals surface area contributed by atoms with Crippen molar-refractivity contribution in [1.29, 1.82) is 0 Å². The normalized spacial score (nSPS) is 23.7. The maximum atomic E-state index is 14.0. The Morgan fingerprint density at radius 3 is 2.39 bits per heavy atom. The molecule has 218 valence electrons. The standard InChI is InChI=1S/C31H39N5O4S/c1-2-40-27(37)16-20-19-41-31(32-20)34-29(38)28-30(39)36(26-13-9-8-12-25(26)33-28)24-17-22-14-15-23(18-24)35(22)21-10-6-4-3-5-7-11-21/h8-9,12-13,19,21-24H,2-7,10-11,14-18H2,1H3,(H,32,34,38). The lowest BCUT2D eigenvalue weighted by Gasteiger charge is -2.45. The van der Waals surface area contributed by atoms with Gasteiger partial charge in [0.05, 0.1) is 29.8 Å². The Labute approximate surface area is 244 Å². The Hall–Kier alpha value is -3.11. The molecule has 2 aromatic heterocycles. The number of anilines is 1. The number of fused-ring (bicyclic) bond motifs is 3. The molecule has 6 rings (SSSR count). The van der Waals surface area contributed by atoms with Crippen LogP contribution in [-0.4, -0.2) is 56.0 Å². The van der Waals surface area contributed by atoms with E-state index in [1.54, 1.807) is 12.3 Å². The van der Waals surface area contributed by atoms with Crippen LogP contribution >= 0.6 is 11.3 Å². The molecule has 0 radical (unpaired) electrons. The van der Waals surface area contributed by atoms with Gasteiger partial charge in [0, 0.05) is 29.5 Å². The number of rotatable bonds is 7. The van der Waals surface area contributed by atoms with Crippen molar-refractivity contribution in [3.63, 3.8) is 0 Å². The minimum atomic E-state index is -0.582. The van der Waals surface area contributed by atoms with E-state index in [9.17, 15) is 14.4 Å². The predicted octanol–water partition coefficient (Wildman–Crippen LogP) is 5.49. The van der Waals surface area contributed by atoms with E-state index in [4.69, 9.17) is 4.74 Å². The van der Waals surface area contributed by atoms with Crippen molar-refractivity contribution < 1.29 is 14.3 Å². The highest BCUT2D eigenvalue weighted by Gasteiger charge is 2.44. The summed E-state index contributed by atoms with van der Waals surface area (Å²) in [6, 6.07) is 9.26. The second kappa shape index (κ2) is 12.4. The number of ether oxygens (including phenoxy) is 1. The SMILES string of the molecule is CCOC(=O)Cc1csc(NC(=O)c2nc3ccccc3n(C3CC4CCC(C3)N4C3CCCCCCC3)c2=O)n1. The van der Waals surface area contributed by atoms with E-state index in [1.165, 1.54) is 69.1 Å². The van der Waals surface area contributed by atoms with Gasteiger partial charge in [0.1, 0.15) is 0 Å². The number of piperidine rings is 1. The molecule has 1 aliphatic carbocycles. The fourth-order valence-electron chi connectivity index (χ4n) is 7.35. The van der Waals surface area contributed by atoms with Crippen LogP contribution in [0.2, 0.25) is 0 Å². The monoisotopic (exact) mass is 577 g/mol. The fraction of sp³-hybridized carbons (Fsp3) is 0.581. The van der Waals surface area contributed by atoms with Crippen LogP contribution in [-0.2, 0) is 16.0 Å². The van der Waals surface area contributed by atoms with Crippen molar-refractivity contribution in [2.24, 2.45) is 0 Å². The molecule has 1 saturated carbocycles. The van der Waals surface area contributed by atoms with Gasteiger partial charge in [-0.25, -0.2) is 9.97 Å². The van der Waals surface area contributed by atoms with Gasteiger partial charge >= 0.3 is 5.97 Å². The molecule has 2 saturated heterocycles. The van der Waals surface area contributed by atoms with Crippen molar-refractivity contribution in [2.45, 2.75) is 108 Å². The maximum Gasteiger partial charge on any atom is 0.311 e. The molecule has 9 nitrogen and oxygen atoms in total. The molecule has 1 aromatic carbocycles. The Morgan fingerprint density at radius 2 is 1.66 bits per heavy atom. The third kappa shape index (κ3) is 5.95. The number of nitrogens with one attached hydrogen (secondary N) is 1. The summed E-state index contributed by atoms with van der Waals surface area (Å²) in [7, 11) is 0. The van der Waals surface area contributed by atoms with E-state index in [2.05, 4.69) is 20.2 Å². The van der Waals surface area contributed by atoms with E-state index in [-0.39, 0.29) is 29.7 Å². The Morgan fingerprint density at radius 1 is 0.951 bits per heavy atom. The quantitative estimate of drug-likeness (QED) is 0.370. The van der Waals surface area contributed by atoms with Gasteiger partial charge in [-0.2, -0.15) is 0 Å². The molecular weight excluding hydrogens is 538 g/mol. The average Bonchev–Trinajstić information content (AvgIpc) is 3.48. The highest BCUT2D eigenvalue weighted by molar-refractivity contribution is 7.14. The highest BCUT2D eigenvalue weighted by Crippen LogP contribution is 2.44. The zero-order valence-corrected chi connectivity index (χ0v) is 24.5. The van der Waals surface area contributed by atoms with Gasteiger partial charge in [-0.05, 0) is 57.6 Å². The second-order valence-electron chi connectivity index (χ2n) is 11.7. The molecule has 2 unspecified atom stereocenters. The molecule has 41 heavy (non-hydrogen) atoms. The number of hydrogen-bond acceptors (Lipinski definition) is 8. The summed E-state index contributed by atoms with van der Waals surface area (Å²) in [5.74, 6) is -0.953. The first-order valence-corrected chi connectivity index (χ1v) is 16.1.